The number of rotatable bonds is 3. The first-order chi connectivity index (χ1) is 8.18. The van der Waals surface area contributed by atoms with Crippen molar-refractivity contribution < 1.29 is 13.6 Å². The van der Waals surface area contributed by atoms with Gasteiger partial charge in [-0.25, -0.2) is 8.78 Å². The third-order valence-electron chi connectivity index (χ3n) is 3.44. The number of halogens is 2. The molecule has 3 heteroatoms. The Labute approximate surface area is 99.8 Å². The van der Waals surface area contributed by atoms with Gasteiger partial charge >= 0.3 is 0 Å². The molecule has 1 aromatic rings. The zero-order chi connectivity index (χ0) is 12.3. The van der Waals surface area contributed by atoms with Gasteiger partial charge in [0.05, 0.1) is 5.56 Å². The van der Waals surface area contributed by atoms with Gasteiger partial charge in [0.2, 0.25) is 0 Å². The molecular weight excluding hydrogens is 222 g/mol. The van der Waals surface area contributed by atoms with Gasteiger partial charge in [-0.15, -0.1) is 0 Å². The van der Waals surface area contributed by atoms with E-state index in [1.165, 1.54) is 12.5 Å². The third kappa shape index (κ3) is 2.90. The van der Waals surface area contributed by atoms with Gasteiger partial charge in [-0.3, -0.25) is 4.79 Å². The summed E-state index contributed by atoms with van der Waals surface area (Å²) in [5.41, 5.74) is -0.363. The molecule has 1 fully saturated rings. The van der Waals surface area contributed by atoms with E-state index in [1.54, 1.807) is 0 Å². The van der Waals surface area contributed by atoms with Crippen LogP contribution >= 0.6 is 0 Å². The van der Waals surface area contributed by atoms with Gasteiger partial charge < -0.3 is 0 Å². The van der Waals surface area contributed by atoms with Gasteiger partial charge in [0.1, 0.15) is 11.6 Å². The van der Waals surface area contributed by atoms with E-state index < -0.39 is 17.4 Å². The van der Waals surface area contributed by atoms with Crippen LogP contribution in [0.5, 0.6) is 0 Å². The van der Waals surface area contributed by atoms with E-state index in [2.05, 4.69) is 0 Å². The van der Waals surface area contributed by atoms with Crippen molar-refractivity contribution in [3.8, 4) is 0 Å². The van der Waals surface area contributed by atoms with Crippen LogP contribution < -0.4 is 0 Å². The third-order valence-corrected chi connectivity index (χ3v) is 3.44. The lowest BCUT2D eigenvalue weighted by atomic mass is 9.84. The Hall–Kier alpha value is -1.25. The molecule has 0 aromatic heterocycles. The van der Waals surface area contributed by atoms with Crippen LogP contribution in [0.3, 0.4) is 0 Å². The molecule has 0 bridgehead atoms. The van der Waals surface area contributed by atoms with Crippen LogP contribution in [0.25, 0.3) is 0 Å². The SMILES string of the molecule is O=C(CC1CCCCC1)c1c(F)cccc1F. The molecule has 0 atom stereocenters. The maximum Gasteiger partial charge on any atom is 0.169 e. The second kappa shape index (κ2) is 5.39. The fourth-order valence-electron chi connectivity index (χ4n) is 2.52. The first kappa shape index (κ1) is 12.2. The lowest BCUT2D eigenvalue weighted by molar-refractivity contribution is 0.0942. The maximum atomic E-state index is 13.4. The maximum absolute atomic E-state index is 13.4. The number of carbonyl (C=O) groups excluding carboxylic acids is 1. The highest BCUT2D eigenvalue weighted by Crippen LogP contribution is 2.28. The minimum absolute atomic E-state index is 0.276. The minimum Gasteiger partial charge on any atom is -0.294 e. The zero-order valence-electron chi connectivity index (χ0n) is 9.72. The van der Waals surface area contributed by atoms with Gasteiger partial charge in [-0.05, 0) is 18.1 Å². The van der Waals surface area contributed by atoms with Crippen LogP contribution in [-0.4, -0.2) is 5.78 Å². The van der Waals surface area contributed by atoms with Gasteiger partial charge in [-0.2, -0.15) is 0 Å². The average molecular weight is 238 g/mol. The van der Waals surface area contributed by atoms with Crippen LogP contribution in [0.2, 0.25) is 0 Å². The van der Waals surface area contributed by atoms with E-state index in [-0.39, 0.29) is 12.0 Å². The summed E-state index contributed by atoms with van der Waals surface area (Å²) in [4.78, 5) is 11.9. The molecule has 1 aliphatic carbocycles. The molecule has 0 spiro atoms. The molecule has 0 heterocycles. The van der Waals surface area contributed by atoms with Crippen molar-refractivity contribution in [1.82, 2.24) is 0 Å². The molecule has 0 saturated heterocycles. The first-order valence-corrected chi connectivity index (χ1v) is 6.15. The zero-order valence-corrected chi connectivity index (χ0v) is 9.72. The Balaban J connectivity index is 2.08. The predicted molar refractivity (Wildman–Crippen MR) is 61.9 cm³/mol. The summed E-state index contributed by atoms with van der Waals surface area (Å²) in [6.45, 7) is 0. The molecule has 0 amide bonds. The molecular formula is C14H16F2O. The van der Waals surface area contributed by atoms with E-state index in [0.717, 1.165) is 37.8 Å². The fourth-order valence-corrected chi connectivity index (χ4v) is 2.52. The van der Waals surface area contributed by atoms with E-state index in [9.17, 15) is 13.6 Å². The number of ketones is 1. The number of carbonyl (C=O) groups is 1. The van der Waals surface area contributed by atoms with Crippen LogP contribution in [0.4, 0.5) is 8.78 Å². The molecule has 1 aliphatic rings. The molecule has 0 N–H and O–H groups in total. The second-order valence-corrected chi connectivity index (χ2v) is 4.73. The molecule has 0 aliphatic heterocycles. The van der Waals surface area contributed by atoms with Crippen molar-refractivity contribution in [2.24, 2.45) is 5.92 Å². The highest BCUT2D eigenvalue weighted by atomic mass is 19.1. The molecule has 1 nitrogen and oxygen atoms in total. The van der Waals surface area contributed by atoms with Crippen LogP contribution in [-0.2, 0) is 0 Å². The number of benzene rings is 1. The van der Waals surface area contributed by atoms with Gasteiger partial charge in [0.25, 0.3) is 0 Å². The van der Waals surface area contributed by atoms with Crippen molar-refractivity contribution >= 4 is 5.78 Å². The lowest BCUT2D eigenvalue weighted by Crippen LogP contribution is -2.14. The summed E-state index contributed by atoms with van der Waals surface area (Å²) >= 11 is 0. The van der Waals surface area contributed by atoms with E-state index in [1.807, 2.05) is 0 Å². The van der Waals surface area contributed by atoms with Crippen molar-refractivity contribution in [3.05, 3.63) is 35.4 Å². The first-order valence-electron chi connectivity index (χ1n) is 6.15. The Kier molecular flexibility index (Phi) is 3.87. The van der Waals surface area contributed by atoms with Crippen LogP contribution in [0, 0.1) is 17.6 Å². The van der Waals surface area contributed by atoms with Gasteiger partial charge in [-0.1, -0.05) is 38.2 Å². The summed E-state index contributed by atoms with van der Waals surface area (Å²) in [6, 6.07) is 3.55. The van der Waals surface area contributed by atoms with Crippen LogP contribution in [0.1, 0.15) is 48.9 Å². The molecule has 92 valence electrons. The largest absolute Gasteiger partial charge is 0.294 e. The van der Waals surface area contributed by atoms with Crippen LogP contribution in [0.15, 0.2) is 18.2 Å². The van der Waals surface area contributed by atoms with Crippen molar-refractivity contribution in [2.75, 3.05) is 0 Å². The quantitative estimate of drug-likeness (QED) is 0.724. The number of hydrogen-bond donors (Lipinski definition) is 0. The summed E-state index contributed by atoms with van der Waals surface area (Å²) in [6.07, 6.45) is 5.73. The molecule has 0 radical (unpaired) electrons. The Bertz CT molecular complexity index is 388. The molecule has 1 saturated carbocycles. The molecule has 2 rings (SSSR count). The monoisotopic (exact) mass is 238 g/mol. The summed E-state index contributed by atoms with van der Waals surface area (Å²) in [5, 5.41) is 0. The smallest absolute Gasteiger partial charge is 0.169 e. The van der Waals surface area contributed by atoms with Crippen molar-refractivity contribution in [3.63, 3.8) is 0 Å². The predicted octanol–water partition coefficient (Wildman–Crippen LogP) is 4.12. The Morgan fingerprint density at radius 2 is 1.71 bits per heavy atom. The van der Waals surface area contributed by atoms with Crippen molar-refractivity contribution in [1.29, 1.82) is 0 Å². The molecule has 17 heavy (non-hydrogen) atoms. The normalized spacial score (nSPS) is 17.1. The summed E-state index contributed by atoms with van der Waals surface area (Å²) in [7, 11) is 0. The molecule has 1 aromatic carbocycles. The lowest BCUT2D eigenvalue weighted by Gasteiger charge is -2.20. The van der Waals surface area contributed by atoms with E-state index in [4.69, 9.17) is 0 Å². The highest BCUT2D eigenvalue weighted by Gasteiger charge is 2.22. The van der Waals surface area contributed by atoms with Gasteiger partial charge in [0.15, 0.2) is 5.78 Å². The van der Waals surface area contributed by atoms with E-state index in [0.29, 0.717) is 5.92 Å². The fraction of sp³-hybridized carbons (Fsp3) is 0.500. The summed E-state index contributed by atoms with van der Waals surface area (Å²) in [5.74, 6) is -1.58. The number of hydrogen-bond acceptors (Lipinski definition) is 1. The minimum atomic E-state index is -0.745. The molecule has 0 unspecified atom stereocenters. The van der Waals surface area contributed by atoms with Crippen molar-refractivity contribution in [2.45, 2.75) is 38.5 Å². The second-order valence-electron chi connectivity index (χ2n) is 4.73. The van der Waals surface area contributed by atoms with Gasteiger partial charge in [0, 0.05) is 6.42 Å². The van der Waals surface area contributed by atoms with E-state index >= 15 is 0 Å². The highest BCUT2D eigenvalue weighted by molar-refractivity contribution is 5.96. The number of Topliss-reactive ketones (excluding diaryl/α,β-unsaturated/α-hetero) is 1. The standard InChI is InChI=1S/C14H16F2O/c15-11-7-4-8-12(16)14(11)13(17)9-10-5-2-1-3-6-10/h4,7-8,10H,1-3,5-6,9H2. The Morgan fingerprint density at radius 1 is 1.12 bits per heavy atom. The Morgan fingerprint density at radius 3 is 2.29 bits per heavy atom. The topological polar surface area (TPSA) is 17.1 Å². The average Bonchev–Trinajstić information content (AvgIpc) is 2.30. The summed E-state index contributed by atoms with van der Waals surface area (Å²) < 4.78 is 26.8.